The molecule has 4 nitrogen and oxygen atoms in total. The number of anilines is 1. The molecule has 4 heteroatoms. The highest BCUT2D eigenvalue weighted by Crippen LogP contribution is 2.32. The number of H-pyrrole nitrogens is 1. The number of carbonyl (C=O) groups excluding carboxylic acids is 1. The van der Waals surface area contributed by atoms with Crippen LogP contribution in [0, 0.1) is 18.8 Å². The first-order chi connectivity index (χ1) is 10.5. The number of aromatic nitrogens is 1. The smallest absolute Gasteiger partial charge is 0.251 e. The summed E-state index contributed by atoms with van der Waals surface area (Å²) in [6.45, 7) is 3.80. The second-order valence-corrected chi connectivity index (χ2v) is 6.41. The van der Waals surface area contributed by atoms with E-state index in [1.54, 1.807) is 6.92 Å². The summed E-state index contributed by atoms with van der Waals surface area (Å²) in [5, 5.41) is 3.96. The number of hydrogen-bond acceptors (Lipinski definition) is 2. The summed E-state index contributed by atoms with van der Waals surface area (Å²) in [6, 6.07) is 7.50. The van der Waals surface area contributed by atoms with Crippen molar-refractivity contribution < 1.29 is 4.79 Å². The summed E-state index contributed by atoms with van der Waals surface area (Å²) in [5.41, 5.74) is 2.10. The number of rotatable bonds is 3. The number of nitrogens with one attached hydrogen (secondary N) is 2. The predicted octanol–water partition coefficient (Wildman–Crippen LogP) is 3.60. The monoisotopic (exact) mass is 298 g/mol. The van der Waals surface area contributed by atoms with Crippen LogP contribution in [0.2, 0.25) is 0 Å². The lowest BCUT2D eigenvalue weighted by Gasteiger charge is -2.18. The first-order valence-corrected chi connectivity index (χ1v) is 7.99. The Balaban J connectivity index is 1.80. The average molecular weight is 298 g/mol. The maximum atomic E-state index is 12.4. The Kier molecular flexibility index (Phi) is 4.01. The Morgan fingerprint density at radius 3 is 2.73 bits per heavy atom. The van der Waals surface area contributed by atoms with Crippen LogP contribution in [0.4, 0.5) is 5.69 Å². The van der Waals surface area contributed by atoms with Crippen molar-refractivity contribution in [1.29, 1.82) is 0 Å². The second kappa shape index (κ2) is 5.95. The summed E-state index contributed by atoms with van der Waals surface area (Å²) in [4.78, 5) is 26.9. The van der Waals surface area contributed by atoms with E-state index in [9.17, 15) is 9.59 Å². The van der Waals surface area contributed by atoms with Gasteiger partial charge < -0.3 is 10.3 Å². The van der Waals surface area contributed by atoms with Gasteiger partial charge in [-0.05, 0) is 49.3 Å². The summed E-state index contributed by atoms with van der Waals surface area (Å²) >= 11 is 0. The minimum absolute atomic E-state index is 0.0373. The van der Waals surface area contributed by atoms with Crippen molar-refractivity contribution in [1.82, 2.24) is 4.98 Å². The lowest BCUT2D eigenvalue weighted by atomic mass is 9.92. The molecule has 1 aliphatic rings. The Labute approximate surface area is 129 Å². The molecular formula is C18H22N2O2. The van der Waals surface area contributed by atoms with Gasteiger partial charge in [-0.25, -0.2) is 0 Å². The van der Waals surface area contributed by atoms with Crippen molar-refractivity contribution >= 4 is 22.5 Å². The van der Waals surface area contributed by atoms with Crippen molar-refractivity contribution in [3.05, 3.63) is 40.2 Å². The molecule has 0 saturated heterocycles. The fourth-order valence-electron chi connectivity index (χ4n) is 3.32. The second-order valence-electron chi connectivity index (χ2n) is 6.41. The molecule has 1 aromatic carbocycles. The maximum absolute atomic E-state index is 12.4. The van der Waals surface area contributed by atoms with Gasteiger partial charge in [0.25, 0.3) is 5.56 Å². The van der Waals surface area contributed by atoms with Gasteiger partial charge in [0.05, 0.1) is 5.52 Å². The summed E-state index contributed by atoms with van der Waals surface area (Å²) in [6.07, 6.45) is 4.77. The molecule has 1 heterocycles. The van der Waals surface area contributed by atoms with Gasteiger partial charge in [0.2, 0.25) is 5.91 Å². The highest BCUT2D eigenvalue weighted by molar-refractivity contribution is 5.94. The van der Waals surface area contributed by atoms with E-state index in [4.69, 9.17) is 0 Å². The van der Waals surface area contributed by atoms with E-state index in [1.165, 1.54) is 12.8 Å². The highest BCUT2D eigenvalue weighted by atomic mass is 16.2. The van der Waals surface area contributed by atoms with Gasteiger partial charge in [0, 0.05) is 17.2 Å². The molecule has 22 heavy (non-hydrogen) atoms. The van der Waals surface area contributed by atoms with Crippen LogP contribution in [-0.4, -0.2) is 10.9 Å². The summed E-state index contributed by atoms with van der Waals surface area (Å²) < 4.78 is 0. The normalized spacial score (nSPS) is 16.8. The fraction of sp³-hybridized carbons (Fsp3) is 0.444. The lowest BCUT2D eigenvalue weighted by molar-refractivity contribution is -0.120. The number of benzene rings is 1. The largest absolute Gasteiger partial charge is 0.326 e. The number of pyridine rings is 1. The Morgan fingerprint density at radius 1 is 1.27 bits per heavy atom. The number of hydrogen-bond donors (Lipinski definition) is 2. The number of aromatic amines is 1. The summed E-state index contributed by atoms with van der Waals surface area (Å²) in [5.74, 6) is 0.610. The van der Waals surface area contributed by atoms with Gasteiger partial charge >= 0.3 is 0 Å². The van der Waals surface area contributed by atoms with Crippen LogP contribution in [0.15, 0.2) is 29.1 Å². The maximum Gasteiger partial charge on any atom is 0.251 e. The number of carbonyl (C=O) groups is 1. The van der Waals surface area contributed by atoms with Crippen molar-refractivity contribution in [2.75, 3.05) is 5.32 Å². The predicted molar refractivity (Wildman–Crippen MR) is 89.1 cm³/mol. The van der Waals surface area contributed by atoms with Crippen LogP contribution in [0.1, 0.15) is 38.2 Å². The van der Waals surface area contributed by atoms with Gasteiger partial charge in [-0.3, -0.25) is 9.59 Å². The zero-order valence-corrected chi connectivity index (χ0v) is 13.1. The molecule has 1 atom stereocenters. The van der Waals surface area contributed by atoms with E-state index in [0.29, 0.717) is 11.5 Å². The number of fused-ring (bicyclic) bond motifs is 1. The van der Waals surface area contributed by atoms with E-state index < -0.39 is 0 Å². The number of amides is 1. The topological polar surface area (TPSA) is 62.0 Å². The van der Waals surface area contributed by atoms with E-state index in [1.807, 2.05) is 31.2 Å². The molecule has 0 aliphatic heterocycles. The SMILES string of the molecule is Cc1cc2ccc(NC(=O)C(C)C3CCCC3)cc2[nH]c1=O. The first kappa shape index (κ1) is 14.8. The van der Waals surface area contributed by atoms with Crippen molar-refractivity contribution in [2.24, 2.45) is 11.8 Å². The van der Waals surface area contributed by atoms with Gasteiger partial charge in [0.1, 0.15) is 0 Å². The zero-order valence-electron chi connectivity index (χ0n) is 13.1. The standard InChI is InChI=1S/C18H22N2O2/c1-11-9-14-7-8-15(10-16(14)20-17(11)21)19-18(22)12(2)13-5-3-4-6-13/h7-10,12-13H,3-6H2,1-2H3,(H,19,22)(H,20,21). The lowest BCUT2D eigenvalue weighted by Crippen LogP contribution is -2.25. The molecule has 0 bridgehead atoms. The molecule has 1 aliphatic carbocycles. The highest BCUT2D eigenvalue weighted by Gasteiger charge is 2.26. The summed E-state index contributed by atoms with van der Waals surface area (Å²) in [7, 11) is 0. The third-order valence-electron chi connectivity index (χ3n) is 4.82. The molecule has 1 fully saturated rings. The van der Waals surface area contributed by atoms with Crippen molar-refractivity contribution in [3.63, 3.8) is 0 Å². The van der Waals surface area contributed by atoms with E-state index in [-0.39, 0.29) is 17.4 Å². The Bertz CT molecular complexity index is 757. The molecule has 0 radical (unpaired) electrons. The minimum Gasteiger partial charge on any atom is -0.326 e. The molecule has 2 N–H and O–H groups in total. The van der Waals surface area contributed by atoms with Crippen LogP contribution in [-0.2, 0) is 4.79 Å². The van der Waals surface area contributed by atoms with E-state index >= 15 is 0 Å². The molecule has 1 aromatic heterocycles. The third-order valence-corrected chi connectivity index (χ3v) is 4.82. The van der Waals surface area contributed by atoms with Crippen LogP contribution < -0.4 is 10.9 Å². The fourth-order valence-corrected chi connectivity index (χ4v) is 3.32. The molecule has 0 spiro atoms. The Hall–Kier alpha value is -2.10. The van der Waals surface area contributed by atoms with Crippen LogP contribution in [0.5, 0.6) is 0 Å². The number of aryl methyl sites for hydroxylation is 1. The molecular weight excluding hydrogens is 276 g/mol. The molecule has 1 saturated carbocycles. The van der Waals surface area contributed by atoms with Gasteiger partial charge in [-0.15, -0.1) is 0 Å². The first-order valence-electron chi connectivity index (χ1n) is 7.99. The van der Waals surface area contributed by atoms with E-state index in [2.05, 4.69) is 10.3 Å². The third kappa shape index (κ3) is 2.91. The van der Waals surface area contributed by atoms with Crippen molar-refractivity contribution in [3.8, 4) is 0 Å². The Morgan fingerprint density at radius 2 is 2.00 bits per heavy atom. The van der Waals surface area contributed by atoms with Crippen LogP contribution >= 0.6 is 0 Å². The van der Waals surface area contributed by atoms with Gasteiger partial charge in [-0.2, -0.15) is 0 Å². The molecule has 2 aromatic rings. The van der Waals surface area contributed by atoms with Gasteiger partial charge in [0.15, 0.2) is 0 Å². The minimum atomic E-state index is -0.0877. The quantitative estimate of drug-likeness (QED) is 0.909. The van der Waals surface area contributed by atoms with E-state index in [0.717, 1.165) is 29.4 Å². The average Bonchev–Trinajstić information content (AvgIpc) is 3.02. The van der Waals surface area contributed by atoms with Gasteiger partial charge in [-0.1, -0.05) is 25.8 Å². The van der Waals surface area contributed by atoms with Crippen molar-refractivity contribution in [2.45, 2.75) is 39.5 Å². The van der Waals surface area contributed by atoms with Crippen LogP contribution in [0.3, 0.4) is 0 Å². The molecule has 1 amide bonds. The molecule has 3 rings (SSSR count). The molecule has 116 valence electrons. The molecule has 1 unspecified atom stereocenters. The zero-order chi connectivity index (χ0) is 15.7. The van der Waals surface area contributed by atoms with Crippen LogP contribution in [0.25, 0.3) is 10.9 Å².